The predicted octanol–water partition coefficient (Wildman–Crippen LogP) is 0.220. The minimum absolute atomic E-state index is 0. The number of aromatic amines is 1. The average molecular weight is 328 g/mol. The van der Waals surface area contributed by atoms with Gasteiger partial charge in [-0.1, -0.05) is 0 Å². The van der Waals surface area contributed by atoms with E-state index >= 15 is 0 Å². The molecule has 1 aromatic rings. The van der Waals surface area contributed by atoms with Crippen LogP contribution >= 0.6 is 12.4 Å². The van der Waals surface area contributed by atoms with E-state index in [4.69, 9.17) is 0 Å². The van der Waals surface area contributed by atoms with Crippen molar-refractivity contribution in [1.29, 1.82) is 0 Å². The maximum Gasteiger partial charge on any atom is 0.272 e. The van der Waals surface area contributed by atoms with Crippen molar-refractivity contribution < 1.29 is 9.59 Å². The van der Waals surface area contributed by atoms with Gasteiger partial charge >= 0.3 is 0 Å². The van der Waals surface area contributed by atoms with Crippen molar-refractivity contribution in [3.05, 3.63) is 17.0 Å². The summed E-state index contributed by atoms with van der Waals surface area (Å²) in [7, 11) is 0. The van der Waals surface area contributed by atoms with Crippen LogP contribution in [0.25, 0.3) is 0 Å². The molecule has 1 saturated heterocycles. The summed E-state index contributed by atoms with van der Waals surface area (Å²) in [4.78, 5) is 25.5. The second-order valence-corrected chi connectivity index (χ2v) is 5.55. The smallest absolute Gasteiger partial charge is 0.272 e. The van der Waals surface area contributed by atoms with Gasteiger partial charge in [-0.2, -0.15) is 5.10 Å². The van der Waals surface area contributed by atoms with Gasteiger partial charge in [-0.05, 0) is 12.8 Å². The third-order valence-corrected chi connectivity index (χ3v) is 4.08. The fraction of sp³-hybridized carbons (Fsp3) is 0.643. The first-order chi connectivity index (χ1) is 10.3. The van der Waals surface area contributed by atoms with Gasteiger partial charge in [0.05, 0.1) is 0 Å². The number of amides is 2. The predicted molar refractivity (Wildman–Crippen MR) is 84.0 cm³/mol. The molecule has 1 aromatic heterocycles. The highest BCUT2D eigenvalue weighted by atomic mass is 35.5. The number of nitrogens with zero attached hydrogens (tertiary/aromatic N) is 2. The average Bonchev–Trinajstić information content (AvgIpc) is 3.10. The lowest BCUT2D eigenvalue weighted by Gasteiger charge is -2.15. The number of H-pyrrole nitrogens is 1. The standard InChI is InChI=1S/C14H21N5O2.ClH/c20-12-3-1-7-19(12)8-2-5-16-14(21)13-10-9-15-6-4-11(10)17-18-13;/h15H,1-9H2,(H,16,21)(H,17,18);1H. The fourth-order valence-electron chi connectivity index (χ4n) is 2.91. The minimum Gasteiger partial charge on any atom is -0.351 e. The lowest BCUT2D eigenvalue weighted by molar-refractivity contribution is -0.127. The van der Waals surface area contributed by atoms with Crippen LogP contribution in [0.3, 0.4) is 0 Å². The molecule has 122 valence electrons. The molecule has 0 atom stereocenters. The van der Waals surface area contributed by atoms with Crippen LogP contribution in [0.2, 0.25) is 0 Å². The van der Waals surface area contributed by atoms with E-state index < -0.39 is 0 Å². The van der Waals surface area contributed by atoms with Crippen LogP contribution in [0.5, 0.6) is 0 Å². The van der Waals surface area contributed by atoms with Crippen LogP contribution < -0.4 is 10.6 Å². The van der Waals surface area contributed by atoms with Gasteiger partial charge < -0.3 is 15.5 Å². The fourth-order valence-corrected chi connectivity index (χ4v) is 2.91. The summed E-state index contributed by atoms with van der Waals surface area (Å²) < 4.78 is 0. The Morgan fingerprint density at radius 1 is 1.36 bits per heavy atom. The first kappa shape index (κ1) is 16.8. The van der Waals surface area contributed by atoms with Crippen molar-refractivity contribution in [3.63, 3.8) is 0 Å². The third-order valence-electron chi connectivity index (χ3n) is 4.08. The number of carbonyl (C=O) groups excluding carboxylic acids is 2. The molecule has 0 spiro atoms. The number of hydrogen-bond acceptors (Lipinski definition) is 4. The Balaban J connectivity index is 0.00000176. The van der Waals surface area contributed by atoms with E-state index in [0.717, 1.165) is 50.2 Å². The second kappa shape index (κ2) is 7.60. The number of hydrogen-bond donors (Lipinski definition) is 3. The Labute approximate surface area is 135 Å². The summed E-state index contributed by atoms with van der Waals surface area (Å²) in [5.41, 5.74) is 2.53. The van der Waals surface area contributed by atoms with Gasteiger partial charge in [0.1, 0.15) is 0 Å². The summed E-state index contributed by atoms with van der Waals surface area (Å²) in [5.74, 6) is 0.0951. The zero-order valence-electron chi connectivity index (χ0n) is 12.5. The number of carbonyl (C=O) groups is 2. The van der Waals surface area contributed by atoms with Crippen LogP contribution in [0.15, 0.2) is 0 Å². The zero-order chi connectivity index (χ0) is 14.7. The Bertz CT molecular complexity index is 545. The molecule has 22 heavy (non-hydrogen) atoms. The molecule has 8 heteroatoms. The van der Waals surface area contributed by atoms with Crippen molar-refractivity contribution in [2.75, 3.05) is 26.2 Å². The molecule has 3 N–H and O–H groups in total. The van der Waals surface area contributed by atoms with Crippen LogP contribution in [0.1, 0.15) is 41.0 Å². The molecule has 0 aliphatic carbocycles. The molecule has 2 aliphatic heterocycles. The highest BCUT2D eigenvalue weighted by Gasteiger charge is 2.22. The van der Waals surface area contributed by atoms with Crippen molar-refractivity contribution in [2.45, 2.75) is 32.2 Å². The molecule has 0 radical (unpaired) electrons. The van der Waals surface area contributed by atoms with Gasteiger partial charge in [-0.15, -0.1) is 12.4 Å². The first-order valence-corrected chi connectivity index (χ1v) is 7.58. The molecular weight excluding hydrogens is 306 g/mol. The molecule has 3 heterocycles. The lowest BCUT2D eigenvalue weighted by Crippen LogP contribution is -2.32. The summed E-state index contributed by atoms with van der Waals surface area (Å²) >= 11 is 0. The monoisotopic (exact) mass is 327 g/mol. The summed E-state index contributed by atoms with van der Waals surface area (Å²) in [5, 5.41) is 13.2. The molecule has 0 unspecified atom stereocenters. The summed E-state index contributed by atoms with van der Waals surface area (Å²) in [6.07, 6.45) is 3.28. The second-order valence-electron chi connectivity index (χ2n) is 5.55. The number of likely N-dealkylation sites (tertiary alicyclic amines) is 1. The van der Waals surface area contributed by atoms with E-state index in [-0.39, 0.29) is 24.2 Å². The quantitative estimate of drug-likeness (QED) is 0.675. The Morgan fingerprint density at radius 2 is 2.23 bits per heavy atom. The summed E-state index contributed by atoms with van der Waals surface area (Å²) in [6.45, 7) is 3.75. The molecule has 0 saturated carbocycles. The normalized spacial score (nSPS) is 17.1. The number of fused-ring (bicyclic) bond motifs is 1. The van der Waals surface area contributed by atoms with Crippen LogP contribution in [0.4, 0.5) is 0 Å². The van der Waals surface area contributed by atoms with Crippen LogP contribution in [0, 0.1) is 0 Å². The summed E-state index contributed by atoms with van der Waals surface area (Å²) in [6, 6.07) is 0. The van der Waals surface area contributed by atoms with Gasteiger partial charge in [0, 0.05) is 56.8 Å². The minimum atomic E-state index is -0.135. The molecule has 0 bridgehead atoms. The molecule has 7 nitrogen and oxygen atoms in total. The van der Waals surface area contributed by atoms with E-state index in [2.05, 4.69) is 20.8 Å². The van der Waals surface area contributed by atoms with E-state index in [0.29, 0.717) is 25.2 Å². The van der Waals surface area contributed by atoms with Crippen LogP contribution in [-0.4, -0.2) is 53.1 Å². The van der Waals surface area contributed by atoms with Crippen molar-refractivity contribution in [3.8, 4) is 0 Å². The molecular formula is C14H22ClN5O2. The highest BCUT2D eigenvalue weighted by Crippen LogP contribution is 2.15. The third kappa shape index (κ3) is 3.59. The zero-order valence-corrected chi connectivity index (χ0v) is 13.3. The van der Waals surface area contributed by atoms with Gasteiger partial charge in [-0.25, -0.2) is 0 Å². The van der Waals surface area contributed by atoms with Gasteiger partial charge in [0.2, 0.25) is 5.91 Å². The maximum atomic E-state index is 12.1. The lowest BCUT2D eigenvalue weighted by atomic mass is 10.1. The van der Waals surface area contributed by atoms with Gasteiger partial charge in [-0.3, -0.25) is 14.7 Å². The number of halogens is 1. The molecule has 3 rings (SSSR count). The number of rotatable bonds is 5. The topological polar surface area (TPSA) is 90.1 Å². The number of nitrogens with one attached hydrogen (secondary N) is 3. The van der Waals surface area contributed by atoms with Crippen LogP contribution in [-0.2, 0) is 17.8 Å². The van der Waals surface area contributed by atoms with Gasteiger partial charge in [0.15, 0.2) is 5.69 Å². The van der Waals surface area contributed by atoms with Crippen molar-refractivity contribution in [1.82, 2.24) is 25.7 Å². The molecule has 1 fully saturated rings. The number of aromatic nitrogens is 2. The van der Waals surface area contributed by atoms with E-state index in [1.807, 2.05) is 4.90 Å². The Hall–Kier alpha value is -1.60. The Morgan fingerprint density at radius 3 is 3.00 bits per heavy atom. The van der Waals surface area contributed by atoms with Gasteiger partial charge in [0.25, 0.3) is 5.91 Å². The molecule has 2 aliphatic rings. The first-order valence-electron chi connectivity index (χ1n) is 7.58. The molecule has 2 amide bonds. The van der Waals surface area contributed by atoms with E-state index in [9.17, 15) is 9.59 Å². The maximum absolute atomic E-state index is 12.1. The Kier molecular flexibility index (Phi) is 5.79. The largest absolute Gasteiger partial charge is 0.351 e. The van der Waals surface area contributed by atoms with E-state index in [1.54, 1.807) is 0 Å². The SMILES string of the molecule is Cl.O=C(NCCCN1CCCC1=O)c1n[nH]c2c1CNCC2. The van der Waals surface area contributed by atoms with Crippen molar-refractivity contribution >= 4 is 24.2 Å². The molecule has 0 aromatic carbocycles. The highest BCUT2D eigenvalue weighted by molar-refractivity contribution is 5.94. The van der Waals surface area contributed by atoms with E-state index in [1.165, 1.54) is 0 Å². The van der Waals surface area contributed by atoms with Crippen molar-refractivity contribution in [2.24, 2.45) is 0 Å².